The van der Waals surface area contributed by atoms with Crippen molar-refractivity contribution in [3.05, 3.63) is 18.2 Å². The quantitative estimate of drug-likeness (QED) is 0.697. The number of aromatic nitrogens is 2. The van der Waals surface area contributed by atoms with Gasteiger partial charge in [-0.2, -0.15) is 13.2 Å². The molecule has 1 N–H and O–H groups in total. The lowest BCUT2D eigenvalue weighted by atomic mass is 9.85. The number of hydrogen-bond donors (Lipinski definition) is 1. The van der Waals surface area contributed by atoms with E-state index in [-0.39, 0.29) is 24.2 Å². The lowest BCUT2D eigenvalue weighted by molar-refractivity contribution is -0.192. The third-order valence-corrected chi connectivity index (χ3v) is 4.48. The summed E-state index contributed by atoms with van der Waals surface area (Å²) >= 11 is 0. The molecule has 0 aromatic carbocycles. The van der Waals surface area contributed by atoms with Crippen LogP contribution in [0.15, 0.2) is 12.4 Å². The molecule has 168 valence electrons. The van der Waals surface area contributed by atoms with Gasteiger partial charge in [0.25, 0.3) is 0 Å². The van der Waals surface area contributed by atoms with Gasteiger partial charge < -0.3 is 24.4 Å². The van der Waals surface area contributed by atoms with Crippen LogP contribution < -0.4 is 4.90 Å². The summed E-state index contributed by atoms with van der Waals surface area (Å²) in [6.07, 6.45) is -1.22. The second-order valence-corrected chi connectivity index (χ2v) is 7.11. The highest BCUT2D eigenvalue weighted by atomic mass is 19.4. The van der Waals surface area contributed by atoms with Crippen molar-refractivity contribution in [2.24, 2.45) is 0 Å². The fourth-order valence-electron chi connectivity index (χ4n) is 2.92. The van der Waals surface area contributed by atoms with Crippen molar-refractivity contribution in [3.63, 3.8) is 0 Å². The summed E-state index contributed by atoms with van der Waals surface area (Å²) in [6, 6.07) is 0. The van der Waals surface area contributed by atoms with E-state index in [0.717, 1.165) is 25.2 Å². The molecule has 2 fully saturated rings. The summed E-state index contributed by atoms with van der Waals surface area (Å²) in [5.41, 5.74) is -0.276. The second-order valence-electron chi connectivity index (χ2n) is 7.11. The van der Waals surface area contributed by atoms with Crippen molar-refractivity contribution in [3.8, 4) is 0 Å². The SMILES string of the molecule is CN(C)C(=O)COC1CCOC2(C1)CN(c1ncc(F)cn1)C2.O=C(O)C(F)(F)F. The maximum Gasteiger partial charge on any atom is 0.490 e. The largest absolute Gasteiger partial charge is 0.490 e. The van der Waals surface area contributed by atoms with Crippen molar-refractivity contribution in [2.75, 3.05) is 45.3 Å². The minimum absolute atomic E-state index is 0.0175. The van der Waals surface area contributed by atoms with Gasteiger partial charge in [-0.1, -0.05) is 0 Å². The summed E-state index contributed by atoms with van der Waals surface area (Å²) in [4.78, 5) is 31.9. The number of hydrogen-bond acceptors (Lipinski definition) is 7. The van der Waals surface area contributed by atoms with Gasteiger partial charge in [0.1, 0.15) is 12.2 Å². The van der Waals surface area contributed by atoms with Crippen molar-refractivity contribution in [1.29, 1.82) is 0 Å². The van der Waals surface area contributed by atoms with Gasteiger partial charge in [0.2, 0.25) is 11.9 Å². The van der Waals surface area contributed by atoms with Crippen molar-refractivity contribution in [2.45, 2.75) is 30.7 Å². The van der Waals surface area contributed by atoms with Crippen molar-refractivity contribution >= 4 is 17.8 Å². The Bertz CT molecular complexity index is 739. The monoisotopic (exact) mass is 438 g/mol. The van der Waals surface area contributed by atoms with Crippen LogP contribution >= 0.6 is 0 Å². The Hall–Kier alpha value is -2.54. The molecular formula is C17H22F4N4O5. The Morgan fingerprint density at radius 3 is 2.40 bits per heavy atom. The van der Waals surface area contributed by atoms with Gasteiger partial charge in [0.05, 0.1) is 31.6 Å². The van der Waals surface area contributed by atoms with E-state index in [4.69, 9.17) is 19.4 Å². The first-order valence-electron chi connectivity index (χ1n) is 8.90. The molecule has 9 nitrogen and oxygen atoms in total. The lowest BCUT2D eigenvalue weighted by Gasteiger charge is -2.52. The predicted molar refractivity (Wildman–Crippen MR) is 94.2 cm³/mol. The Morgan fingerprint density at radius 2 is 1.90 bits per heavy atom. The first-order chi connectivity index (χ1) is 13.9. The number of likely N-dealkylation sites (N-methyl/N-ethyl adjacent to an activating group) is 1. The molecule has 1 aromatic rings. The minimum Gasteiger partial charge on any atom is -0.475 e. The number of nitrogens with zero attached hydrogens (tertiary/aromatic N) is 4. The molecule has 2 aliphatic rings. The van der Waals surface area contributed by atoms with Gasteiger partial charge in [-0.05, 0) is 6.42 Å². The predicted octanol–water partition coefficient (Wildman–Crippen LogP) is 1.09. The molecule has 3 heterocycles. The molecule has 1 unspecified atom stereocenters. The van der Waals surface area contributed by atoms with E-state index in [1.54, 1.807) is 14.1 Å². The third-order valence-electron chi connectivity index (χ3n) is 4.48. The molecule has 2 aliphatic heterocycles. The van der Waals surface area contributed by atoms with E-state index in [1.165, 1.54) is 4.90 Å². The zero-order valence-electron chi connectivity index (χ0n) is 16.4. The molecule has 13 heteroatoms. The molecule has 0 bridgehead atoms. The van der Waals surface area contributed by atoms with Crippen molar-refractivity contribution < 1.29 is 41.7 Å². The van der Waals surface area contributed by atoms with Crippen LogP contribution in [0.2, 0.25) is 0 Å². The maximum absolute atomic E-state index is 12.9. The molecule has 1 aromatic heterocycles. The summed E-state index contributed by atoms with van der Waals surface area (Å²) in [5.74, 6) is -2.74. The van der Waals surface area contributed by atoms with E-state index in [2.05, 4.69) is 9.97 Å². The number of amides is 1. The van der Waals surface area contributed by atoms with Crippen LogP contribution in [0.3, 0.4) is 0 Å². The van der Waals surface area contributed by atoms with E-state index >= 15 is 0 Å². The van der Waals surface area contributed by atoms with Gasteiger partial charge in [-0.3, -0.25) is 4.79 Å². The molecule has 3 rings (SSSR count). The number of halogens is 4. The fraction of sp³-hybridized carbons (Fsp3) is 0.647. The van der Waals surface area contributed by atoms with Gasteiger partial charge in [-0.15, -0.1) is 0 Å². The van der Waals surface area contributed by atoms with Crippen LogP contribution in [0.4, 0.5) is 23.5 Å². The molecule has 0 saturated carbocycles. The normalized spacial score (nSPS) is 20.1. The van der Waals surface area contributed by atoms with E-state index in [9.17, 15) is 22.4 Å². The summed E-state index contributed by atoms with van der Waals surface area (Å²) in [5, 5.41) is 7.12. The number of carbonyl (C=O) groups excluding carboxylic acids is 1. The highest BCUT2D eigenvalue weighted by Gasteiger charge is 2.49. The number of carbonyl (C=O) groups is 2. The number of ether oxygens (including phenoxy) is 2. The average molecular weight is 438 g/mol. The standard InChI is InChI=1S/C15H21FN4O3.C2HF3O2/c1-19(2)13(21)8-22-12-3-4-23-15(5-12)9-20(10-15)14-17-6-11(16)7-18-14;3-2(4,5)1(6)7/h6-7,12H,3-5,8-10H2,1-2H3;(H,6,7). The Balaban J connectivity index is 0.000000396. The Kier molecular flexibility index (Phi) is 7.53. The Labute approximate surface area is 169 Å². The number of aliphatic carboxylic acids is 1. The second kappa shape index (κ2) is 9.51. The highest BCUT2D eigenvalue weighted by molar-refractivity contribution is 5.76. The van der Waals surface area contributed by atoms with Crippen molar-refractivity contribution in [1.82, 2.24) is 14.9 Å². The van der Waals surface area contributed by atoms with E-state index < -0.39 is 18.0 Å². The first kappa shape index (κ1) is 23.7. The lowest BCUT2D eigenvalue weighted by Crippen LogP contribution is -2.66. The summed E-state index contributed by atoms with van der Waals surface area (Å²) in [6.45, 7) is 2.01. The first-order valence-corrected chi connectivity index (χ1v) is 8.90. The van der Waals surface area contributed by atoms with Crippen LogP contribution in [-0.4, -0.2) is 90.1 Å². The fourth-order valence-corrected chi connectivity index (χ4v) is 2.92. The number of carboxylic acids is 1. The van der Waals surface area contributed by atoms with Gasteiger partial charge in [-0.25, -0.2) is 19.2 Å². The number of anilines is 1. The van der Waals surface area contributed by atoms with Crippen LogP contribution in [0, 0.1) is 5.82 Å². The third kappa shape index (κ3) is 6.49. The van der Waals surface area contributed by atoms with Gasteiger partial charge in [0.15, 0.2) is 5.82 Å². The molecule has 2 saturated heterocycles. The average Bonchev–Trinajstić information content (AvgIpc) is 2.64. The zero-order chi connectivity index (χ0) is 22.5. The molecule has 30 heavy (non-hydrogen) atoms. The molecule has 1 amide bonds. The molecule has 1 spiro atoms. The van der Waals surface area contributed by atoms with Crippen LogP contribution in [0.25, 0.3) is 0 Å². The molecule has 1 atom stereocenters. The highest BCUT2D eigenvalue weighted by Crippen LogP contribution is 2.36. The Morgan fingerprint density at radius 1 is 1.33 bits per heavy atom. The number of rotatable bonds is 4. The van der Waals surface area contributed by atoms with E-state index in [1.807, 2.05) is 4.90 Å². The summed E-state index contributed by atoms with van der Waals surface area (Å²) < 4.78 is 56.2. The van der Waals surface area contributed by atoms with Crippen LogP contribution in [-0.2, 0) is 19.1 Å². The molecular weight excluding hydrogens is 416 g/mol. The minimum atomic E-state index is -5.08. The number of alkyl halides is 3. The number of carboxylic acid groups (broad SMARTS) is 1. The maximum atomic E-state index is 12.9. The summed E-state index contributed by atoms with van der Waals surface area (Å²) in [7, 11) is 3.42. The molecule has 0 aliphatic carbocycles. The van der Waals surface area contributed by atoms with E-state index in [0.29, 0.717) is 25.6 Å². The zero-order valence-corrected chi connectivity index (χ0v) is 16.4. The molecule has 0 radical (unpaired) electrons. The topological polar surface area (TPSA) is 105 Å². The van der Waals surface area contributed by atoms with Gasteiger partial charge >= 0.3 is 12.1 Å². The van der Waals surface area contributed by atoms with Crippen LogP contribution in [0.1, 0.15) is 12.8 Å². The van der Waals surface area contributed by atoms with Crippen LogP contribution in [0.5, 0.6) is 0 Å². The van der Waals surface area contributed by atoms with Gasteiger partial charge in [0, 0.05) is 27.1 Å². The smallest absolute Gasteiger partial charge is 0.475 e.